The number of aryl methyl sites for hydroxylation is 1. The number of Topliss-reactive ketones (excluding diaryl/α,β-unsaturated/α-hetero) is 1. The Bertz CT molecular complexity index is 640. The van der Waals surface area contributed by atoms with Gasteiger partial charge in [0.15, 0.2) is 5.78 Å². The van der Waals surface area contributed by atoms with Crippen LogP contribution >= 0.6 is 0 Å². The Balaban J connectivity index is 2.06. The fourth-order valence-electron chi connectivity index (χ4n) is 3.42. The van der Waals surface area contributed by atoms with Gasteiger partial charge >= 0.3 is 0 Å². The summed E-state index contributed by atoms with van der Waals surface area (Å²) in [5.74, 6) is 0.227. The molecule has 2 fully saturated rings. The maximum Gasteiger partial charge on any atom is 0.219 e. The van der Waals surface area contributed by atoms with Gasteiger partial charge in [-0.05, 0) is 25.3 Å². The molecule has 0 atom stereocenters. The Hall–Kier alpha value is -2.10. The Labute approximate surface area is 137 Å². The highest BCUT2D eigenvalue weighted by atomic mass is 16.2. The molecule has 23 heavy (non-hydrogen) atoms. The van der Waals surface area contributed by atoms with Gasteiger partial charge in [0.1, 0.15) is 0 Å². The number of rotatable bonds is 2. The number of carbonyl (C=O) groups is 2. The van der Waals surface area contributed by atoms with Gasteiger partial charge in [0, 0.05) is 38.6 Å². The molecule has 1 aromatic carbocycles. The van der Waals surface area contributed by atoms with Crippen LogP contribution in [0.1, 0.15) is 37.3 Å². The second-order valence-electron chi connectivity index (χ2n) is 6.50. The second-order valence-corrected chi connectivity index (χ2v) is 6.50. The van der Waals surface area contributed by atoms with Crippen molar-refractivity contribution in [3.63, 3.8) is 0 Å². The van der Waals surface area contributed by atoms with Gasteiger partial charge in [-0.25, -0.2) is 0 Å². The zero-order chi connectivity index (χ0) is 16.4. The van der Waals surface area contributed by atoms with E-state index in [1.807, 2.05) is 0 Å². The largest absolute Gasteiger partial charge is 0.371 e. The van der Waals surface area contributed by atoms with Crippen molar-refractivity contribution in [2.24, 2.45) is 0 Å². The molecule has 1 amide bonds. The SMILES string of the molecule is CC(=O)N1CCC(=O)/C(=C(/c2ccc(C)cc2)N2CCCC2)C1. The molecule has 0 N–H and O–H groups in total. The number of amides is 1. The molecule has 2 heterocycles. The molecule has 0 spiro atoms. The van der Waals surface area contributed by atoms with Crippen LogP contribution in [0, 0.1) is 6.92 Å². The van der Waals surface area contributed by atoms with Crippen molar-refractivity contribution in [3.05, 3.63) is 41.0 Å². The summed E-state index contributed by atoms with van der Waals surface area (Å²) in [4.78, 5) is 28.4. The van der Waals surface area contributed by atoms with E-state index in [4.69, 9.17) is 0 Å². The van der Waals surface area contributed by atoms with Crippen molar-refractivity contribution in [3.8, 4) is 0 Å². The third-order valence-electron chi connectivity index (χ3n) is 4.77. The van der Waals surface area contributed by atoms with Crippen LogP contribution in [0.2, 0.25) is 0 Å². The fraction of sp³-hybridized carbons (Fsp3) is 0.474. The van der Waals surface area contributed by atoms with Gasteiger partial charge in [-0.3, -0.25) is 9.59 Å². The fourth-order valence-corrected chi connectivity index (χ4v) is 3.42. The average molecular weight is 312 g/mol. The third-order valence-corrected chi connectivity index (χ3v) is 4.77. The summed E-state index contributed by atoms with van der Waals surface area (Å²) in [6, 6.07) is 8.36. The van der Waals surface area contributed by atoms with E-state index in [2.05, 4.69) is 36.1 Å². The average Bonchev–Trinajstić information content (AvgIpc) is 3.05. The number of nitrogens with zero attached hydrogens (tertiary/aromatic N) is 2. The number of likely N-dealkylation sites (tertiary alicyclic amines) is 2. The predicted molar refractivity (Wildman–Crippen MR) is 90.8 cm³/mol. The molecule has 0 aliphatic carbocycles. The van der Waals surface area contributed by atoms with E-state index < -0.39 is 0 Å². The summed E-state index contributed by atoms with van der Waals surface area (Å²) in [7, 11) is 0. The van der Waals surface area contributed by atoms with Gasteiger partial charge < -0.3 is 9.80 Å². The summed E-state index contributed by atoms with van der Waals surface area (Å²) in [5, 5.41) is 0. The summed E-state index contributed by atoms with van der Waals surface area (Å²) in [6.45, 7) is 6.59. The van der Waals surface area contributed by atoms with Crippen LogP contribution < -0.4 is 0 Å². The summed E-state index contributed by atoms with van der Waals surface area (Å²) < 4.78 is 0. The minimum Gasteiger partial charge on any atom is -0.371 e. The van der Waals surface area contributed by atoms with Crippen LogP contribution in [0.3, 0.4) is 0 Å². The van der Waals surface area contributed by atoms with Crippen molar-refractivity contribution < 1.29 is 9.59 Å². The molecule has 2 aliphatic heterocycles. The summed E-state index contributed by atoms with van der Waals surface area (Å²) in [5.41, 5.74) is 4.14. The number of ketones is 1. The molecule has 0 unspecified atom stereocenters. The van der Waals surface area contributed by atoms with Crippen molar-refractivity contribution in [2.75, 3.05) is 26.2 Å². The number of hydrogen-bond acceptors (Lipinski definition) is 3. The zero-order valence-corrected chi connectivity index (χ0v) is 14.0. The smallest absolute Gasteiger partial charge is 0.219 e. The quantitative estimate of drug-likeness (QED) is 0.788. The van der Waals surface area contributed by atoms with E-state index in [0.717, 1.165) is 42.8 Å². The van der Waals surface area contributed by atoms with E-state index >= 15 is 0 Å². The van der Waals surface area contributed by atoms with Crippen molar-refractivity contribution >= 4 is 17.4 Å². The van der Waals surface area contributed by atoms with Crippen molar-refractivity contribution in [1.82, 2.24) is 9.80 Å². The van der Waals surface area contributed by atoms with Crippen LogP contribution in [0.25, 0.3) is 5.70 Å². The zero-order valence-electron chi connectivity index (χ0n) is 14.0. The molecule has 0 saturated carbocycles. The maximum atomic E-state index is 12.6. The van der Waals surface area contributed by atoms with Crippen molar-refractivity contribution in [2.45, 2.75) is 33.1 Å². The van der Waals surface area contributed by atoms with Gasteiger partial charge in [0.05, 0.1) is 12.2 Å². The van der Waals surface area contributed by atoms with Gasteiger partial charge in [-0.2, -0.15) is 0 Å². The van der Waals surface area contributed by atoms with Gasteiger partial charge in [0.2, 0.25) is 5.91 Å². The lowest BCUT2D eigenvalue weighted by molar-refractivity contribution is -0.130. The summed E-state index contributed by atoms with van der Waals surface area (Å²) >= 11 is 0. The molecule has 122 valence electrons. The highest BCUT2D eigenvalue weighted by Crippen LogP contribution is 2.30. The minimum absolute atomic E-state index is 0.0414. The second kappa shape index (κ2) is 6.57. The normalized spacial score (nSPS) is 20.9. The van der Waals surface area contributed by atoms with Gasteiger partial charge in [0.25, 0.3) is 0 Å². The van der Waals surface area contributed by atoms with E-state index in [1.54, 1.807) is 11.8 Å². The Morgan fingerprint density at radius 3 is 2.26 bits per heavy atom. The first kappa shape index (κ1) is 15.8. The number of benzene rings is 1. The molecule has 2 saturated heterocycles. The predicted octanol–water partition coefficient (Wildman–Crippen LogP) is 2.62. The third kappa shape index (κ3) is 3.31. The maximum absolute atomic E-state index is 12.6. The van der Waals surface area contributed by atoms with Gasteiger partial charge in [-0.1, -0.05) is 29.8 Å². The number of hydrogen-bond donors (Lipinski definition) is 0. The van der Waals surface area contributed by atoms with Crippen LogP contribution in [0.15, 0.2) is 29.8 Å². The monoisotopic (exact) mass is 312 g/mol. The Morgan fingerprint density at radius 1 is 1.00 bits per heavy atom. The van der Waals surface area contributed by atoms with Crippen LogP contribution in [-0.2, 0) is 9.59 Å². The van der Waals surface area contributed by atoms with Crippen LogP contribution in [0.5, 0.6) is 0 Å². The first-order valence-electron chi connectivity index (χ1n) is 8.40. The molecule has 2 aliphatic rings. The molecule has 0 aromatic heterocycles. The topological polar surface area (TPSA) is 40.6 Å². The highest BCUT2D eigenvalue weighted by Gasteiger charge is 2.29. The van der Waals surface area contributed by atoms with Crippen LogP contribution in [-0.4, -0.2) is 47.7 Å². The number of piperidine rings is 1. The molecule has 0 bridgehead atoms. The lowest BCUT2D eigenvalue weighted by Gasteiger charge is -2.32. The van der Waals surface area contributed by atoms with E-state index in [0.29, 0.717) is 19.5 Å². The molecule has 4 heteroatoms. The molecule has 1 aromatic rings. The highest BCUT2D eigenvalue weighted by molar-refractivity contribution is 6.04. The summed E-state index contributed by atoms with van der Waals surface area (Å²) in [6.07, 6.45) is 2.75. The van der Waals surface area contributed by atoms with E-state index in [1.165, 1.54) is 5.56 Å². The van der Waals surface area contributed by atoms with Crippen LogP contribution in [0.4, 0.5) is 0 Å². The molecular formula is C19H24N2O2. The van der Waals surface area contributed by atoms with Crippen molar-refractivity contribution in [1.29, 1.82) is 0 Å². The Morgan fingerprint density at radius 2 is 1.65 bits per heavy atom. The molecule has 4 nitrogen and oxygen atoms in total. The Kier molecular flexibility index (Phi) is 4.51. The van der Waals surface area contributed by atoms with E-state index in [9.17, 15) is 9.59 Å². The molecule has 3 rings (SSSR count). The van der Waals surface area contributed by atoms with E-state index in [-0.39, 0.29) is 11.7 Å². The standard InChI is InChI=1S/C19H24N2O2/c1-14-5-7-16(8-6-14)19(20-10-3-4-11-20)17-13-21(15(2)22)12-9-18(17)23/h5-8H,3-4,9-13H2,1-2H3/b19-17-. The lowest BCUT2D eigenvalue weighted by atomic mass is 9.96. The molecular weight excluding hydrogens is 288 g/mol. The van der Waals surface area contributed by atoms with Gasteiger partial charge in [-0.15, -0.1) is 0 Å². The lowest BCUT2D eigenvalue weighted by Crippen LogP contribution is -2.40. The first-order valence-corrected chi connectivity index (χ1v) is 8.40. The number of carbonyl (C=O) groups excluding carboxylic acids is 2. The minimum atomic E-state index is 0.0414. The first-order chi connectivity index (χ1) is 11.1. The molecule has 0 radical (unpaired) electrons.